The molecule has 1 aromatic rings. The zero-order chi connectivity index (χ0) is 15.3. The average molecular weight is 321 g/mol. The summed E-state index contributed by atoms with van der Waals surface area (Å²) in [4.78, 5) is 0. The number of benzene rings is 1. The van der Waals surface area contributed by atoms with Gasteiger partial charge in [-0.3, -0.25) is 0 Å². The molecule has 0 atom stereocenters. The van der Waals surface area contributed by atoms with E-state index in [0.717, 1.165) is 15.4 Å². The molecule has 0 aromatic heterocycles. The van der Waals surface area contributed by atoms with E-state index in [0.29, 0.717) is 30.3 Å². The molecule has 0 aliphatic rings. The molecule has 0 aliphatic heterocycles. The molecule has 5 nitrogen and oxygen atoms in total. The van der Waals surface area contributed by atoms with E-state index in [4.69, 9.17) is 16.3 Å². The lowest BCUT2D eigenvalue weighted by atomic mass is 10.1. The molecule has 7 heteroatoms. The molecule has 0 spiro atoms. The molecule has 0 heterocycles. The minimum absolute atomic E-state index is 0.325. The van der Waals surface area contributed by atoms with Gasteiger partial charge in [0.15, 0.2) is 0 Å². The number of nitrogens with one attached hydrogen (secondary N) is 1. The zero-order valence-corrected chi connectivity index (χ0v) is 13.8. The van der Waals surface area contributed by atoms with Gasteiger partial charge in [-0.15, -0.1) is 0 Å². The quantitative estimate of drug-likeness (QED) is 0.836. The van der Waals surface area contributed by atoms with Gasteiger partial charge in [0.25, 0.3) is 10.2 Å². The molecule has 0 amide bonds. The van der Waals surface area contributed by atoms with Crippen LogP contribution in [0.25, 0.3) is 0 Å². The molecule has 0 radical (unpaired) electrons. The number of halogens is 1. The van der Waals surface area contributed by atoms with Gasteiger partial charge in [-0.1, -0.05) is 11.6 Å². The van der Waals surface area contributed by atoms with Gasteiger partial charge in [-0.25, -0.2) is 4.72 Å². The van der Waals surface area contributed by atoms with Crippen molar-refractivity contribution in [2.75, 3.05) is 27.2 Å². The second-order valence-electron chi connectivity index (χ2n) is 4.57. The Morgan fingerprint density at radius 1 is 1.35 bits per heavy atom. The topological polar surface area (TPSA) is 58.6 Å². The summed E-state index contributed by atoms with van der Waals surface area (Å²) < 4.78 is 32.2. The van der Waals surface area contributed by atoms with E-state index in [9.17, 15) is 8.42 Å². The summed E-state index contributed by atoms with van der Waals surface area (Å²) in [5.74, 6) is 0.657. The number of rotatable bonds is 7. The highest BCUT2D eigenvalue weighted by Crippen LogP contribution is 2.28. The van der Waals surface area contributed by atoms with Crippen molar-refractivity contribution in [3.05, 3.63) is 28.3 Å². The van der Waals surface area contributed by atoms with Crippen LogP contribution in [0.5, 0.6) is 5.75 Å². The Balaban J connectivity index is 2.72. The summed E-state index contributed by atoms with van der Waals surface area (Å²) in [5, 5.41) is 0.544. The summed E-state index contributed by atoms with van der Waals surface area (Å²) in [7, 11) is -0.408. The fraction of sp³-hybridized carbons (Fsp3) is 0.538. The molecule has 0 saturated heterocycles. The third-order valence-electron chi connectivity index (χ3n) is 2.85. The summed E-state index contributed by atoms with van der Waals surface area (Å²) in [6, 6.07) is 3.70. The van der Waals surface area contributed by atoms with Crippen LogP contribution >= 0.6 is 11.6 Å². The lowest BCUT2D eigenvalue weighted by Gasteiger charge is -2.14. The van der Waals surface area contributed by atoms with Crippen molar-refractivity contribution < 1.29 is 13.2 Å². The van der Waals surface area contributed by atoms with Crippen LogP contribution in [0.4, 0.5) is 0 Å². The van der Waals surface area contributed by atoms with Crippen molar-refractivity contribution in [1.29, 1.82) is 0 Å². The summed E-state index contributed by atoms with van der Waals surface area (Å²) in [6.45, 7) is 4.73. The maximum atomic E-state index is 11.6. The Morgan fingerprint density at radius 3 is 2.55 bits per heavy atom. The minimum Gasteiger partial charge on any atom is -0.492 e. The Kier molecular flexibility index (Phi) is 6.26. The van der Waals surface area contributed by atoms with Gasteiger partial charge in [-0.2, -0.15) is 12.7 Å². The first-order valence-electron chi connectivity index (χ1n) is 6.37. The van der Waals surface area contributed by atoms with E-state index in [1.807, 2.05) is 26.0 Å². The Hall–Kier alpha value is -0.820. The molecule has 1 aromatic carbocycles. The number of aryl methyl sites for hydroxylation is 1. The second kappa shape index (κ2) is 7.26. The maximum absolute atomic E-state index is 11.6. The first-order chi connectivity index (χ1) is 9.27. The Labute approximate surface area is 126 Å². The molecule has 0 saturated carbocycles. The number of hydrogen-bond acceptors (Lipinski definition) is 3. The number of ether oxygens (including phenoxy) is 1. The van der Waals surface area contributed by atoms with Crippen LogP contribution < -0.4 is 9.46 Å². The maximum Gasteiger partial charge on any atom is 0.278 e. The lowest BCUT2D eigenvalue weighted by Crippen LogP contribution is -2.36. The van der Waals surface area contributed by atoms with Gasteiger partial charge in [-0.05, 0) is 43.5 Å². The van der Waals surface area contributed by atoms with Crippen LogP contribution in [0.2, 0.25) is 5.02 Å². The fourth-order valence-electron chi connectivity index (χ4n) is 1.68. The smallest absolute Gasteiger partial charge is 0.278 e. The molecular formula is C13H21ClN2O3S. The Bertz CT molecular complexity index is 559. The molecule has 0 fully saturated rings. The summed E-state index contributed by atoms with van der Waals surface area (Å²) >= 11 is 6.13. The van der Waals surface area contributed by atoms with Gasteiger partial charge >= 0.3 is 0 Å². The van der Waals surface area contributed by atoms with E-state index < -0.39 is 10.2 Å². The first kappa shape index (κ1) is 17.2. The van der Waals surface area contributed by atoms with Gasteiger partial charge in [0.2, 0.25) is 0 Å². The van der Waals surface area contributed by atoms with Crippen LogP contribution in [0.3, 0.4) is 0 Å². The van der Waals surface area contributed by atoms with Gasteiger partial charge in [0.1, 0.15) is 5.75 Å². The van der Waals surface area contributed by atoms with Gasteiger partial charge in [0, 0.05) is 20.6 Å². The molecule has 0 unspecified atom stereocenters. The highest BCUT2D eigenvalue weighted by molar-refractivity contribution is 7.87. The lowest BCUT2D eigenvalue weighted by molar-refractivity contribution is 0.340. The van der Waals surface area contributed by atoms with E-state index >= 15 is 0 Å². The third-order valence-corrected chi connectivity index (χ3v) is 4.68. The third kappa shape index (κ3) is 4.63. The van der Waals surface area contributed by atoms with Gasteiger partial charge < -0.3 is 4.74 Å². The van der Waals surface area contributed by atoms with Crippen molar-refractivity contribution in [2.24, 2.45) is 0 Å². The number of nitrogens with zero attached hydrogens (tertiary/aromatic N) is 1. The van der Waals surface area contributed by atoms with Crippen molar-refractivity contribution in [3.63, 3.8) is 0 Å². The van der Waals surface area contributed by atoms with E-state index in [1.165, 1.54) is 14.1 Å². The molecule has 0 aliphatic carbocycles. The first-order valence-corrected chi connectivity index (χ1v) is 8.18. The van der Waals surface area contributed by atoms with Crippen molar-refractivity contribution >= 4 is 21.8 Å². The highest BCUT2D eigenvalue weighted by atomic mass is 35.5. The van der Waals surface area contributed by atoms with Crippen LogP contribution in [0, 0.1) is 6.92 Å². The van der Waals surface area contributed by atoms with Crippen LogP contribution in [0.1, 0.15) is 18.1 Å². The Morgan fingerprint density at radius 2 is 2.00 bits per heavy atom. The number of hydrogen-bond donors (Lipinski definition) is 1. The molecule has 114 valence electrons. The molecule has 0 bridgehead atoms. The SMILES string of the molecule is CCOc1cc(C)c(CCNS(=O)(=O)N(C)C)cc1Cl. The predicted octanol–water partition coefficient (Wildman–Crippen LogP) is 1.99. The summed E-state index contributed by atoms with van der Waals surface area (Å²) in [5.41, 5.74) is 2.03. The van der Waals surface area contributed by atoms with E-state index in [-0.39, 0.29) is 0 Å². The highest BCUT2D eigenvalue weighted by Gasteiger charge is 2.13. The monoisotopic (exact) mass is 320 g/mol. The molecule has 20 heavy (non-hydrogen) atoms. The summed E-state index contributed by atoms with van der Waals surface area (Å²) in [6.07, 6.45) is 0.574. The van der Waals surface area contributed by atoms with Crippen molar-refractivity contribution in [1.82, 2.24) is 9.03 Å². The van der Waals surface area contributed by atoms with Crippen molar-refractivity contribution in [2.45, 2.75) is 20.3 Å². The minimum atomic E-state index is -3.38. The second-order valence-corrected chi connectivity index (χ2v) is 6.95. The molecule has 1 N–H and O–H groups in total. The van der Waals surface area contributed by atoms with E-state index in [1.54, 1.807) is 0 Å². The predicted molar refractivity (Wildman–Crippen MR) is 81.7 cm³/mol. The van der Waals surface area contributed by atoms with Crippen LogP contribution in [-0.4, -0.2) is 40.0 Å². The van der Waals surface area contributed by atoms with Crippen LogP contribution in [-0.2, 0) is 16.6 Å². The van der Waals surface area contributed by atoms with Crippen molar-refractivity contribution in [3.8, 4) is 5.75 Å². The average Bonchev–Trinajstić information content (AvgIpc) is 2.35. The fourth-order valence-corrected chi connectivity index (χ4v) is 2.53. The van der Waals surface area contributed by atoms with E-state index in [2.05, 4.69) is 4.72 Å². The zero-order valence-electron chi connectivity index (χ0n) is 12.2. The van der Waals surface area contributed by atoms with Crippen LogP contribution in [0.15, 0.2) is 12.1 Å². The normalized spacial score (nSPS) is 11.9. The molecule has 1 rings (SSSR count). The largest absolute Gasteiger partial charge is 0.492 e. The van der Waals surface area contributed by atoms with Gasteiger partial charge in [0.05, 0.1) is 11.6 Å². The molecular weight excluding hydrogens is 300 g/mol. The standard InChI is InChI=1S/C13H21ClN2O3S/c1-5-19-13-8-10(2)11(9-12(13)14)6-7-15-20(17,18)16(3)4/h8-9,15H,5-7H2,1-4H3.